The Morgan fingerprint density at radius 3 is 2.73 bits per heavy atom. The van der Waals surface area contributed by atoms with E-state index in [1.807, 2.05) is 4.57 Å². The van der Waals surface area contributed by atoms with E-state index in [-0.39, 0.29) is 37.8 Å². The number of aliphatic hydroxyl groups is 1. The minimum atomic E-state index is -2.96. The fraction of sp³-hybridized carbons (Fsp3) is 0.222. The molecule has 4 aromatic rings. The van der Waals surface area contributed by atoms with Gasteiger partial charge in [-0.2, -0.15) is 14.0 Å². The molecule has 0 saturated carbocycles. The molecule has 5 rings (SSSR count). The molecule has 3 aromatic carbocycles. The van der Waals surface area contributed by atoms with Gasteiger partial charge in [-0.15, -0.1) is 0 Å². The van der Waals surface area contributed by atoms with E-state index in [1.54, 1.807) is 60.7 Å². The van der Waals surface area contributed by atoms with Gasteiger partial charge in [-0.3, -0.25) is 4.79 Å². The first-order valence-electron chi connectivity index (χ1n) is 11.5. The number of imidazole rings is 1. The third-order valence-corrected chi connectivity index (χ3v) is 6.08. The highest BCUT2D eigenvalue weighted by atomic mass is 19.3. The molecule has 10 heteroatoms. The molecule has 188 valence electrons. The lowest BCUT2D eigenvalue weighted by molar-refractivity contribution is -0.117. The summed E-state index contributed by atoms with van der Waals surface area (Å²) >= 11 is 0. The van der Waals surface area contributed by atoms with E-state index in [1.165, 1.54) is 11.0 Å². The SMILES string of the molecule is N#Cc1ccc2c(c1)nc(COc1cccc(N3C[C@H](O)CC3=O)c1)n2Cc1ccccc1OC(F)F. The minimum Gasteiger partial charge on any atom is -0.486 e. The van der Waals surface area contributed by atoms with Gasteiger partial charge in [0.25, 0.3) is 0 Å². The number of nitrogens with zero attached hydrogens (tertiary/aromatic N) is 4. The Morgan fingerprint density at radius 2 is 1.97 bits per heavy atom. The predicted octanol–water partition coefficient (Wildman–Crippen LogP) is 4.23. The van der Waals surface area contributed by atoms with Crippen LogP contribution in [0, 0.1) is 11.3 Å². The molecule has 37 heavy (non-hydrogen) atoms. The van der Waals surface area contributed by atoms with Crippen molar-refractivity contribution in [1.29, 1.82) is 5.26 Å². The number of rotatable bonds is 8. The average Bonchev–Trinajstić information content (AvgIpc) is 3.41. The van der Waals surface area contributed by atoms with Crippen molar-refractivity contribution in [3.8, 4) is 17.6 Å². The fourth-order valence-corrected chi connectivity index (χ4v) is 4.38. The standard InChI is InChI=1S/C27H22F2N4O4/c28-27(29)37-24-7-2-1-4-18(24)14-33-23-9-8-17(13-30)10-22(23)31-25(33)16-36-21-6-3-5-19(11-21)32-15-20(34)12-26(32)35/h1-11,20,27,34H,12,14-16H2/t20-/m1/s1. The molecule has 0 spiro atoms. The Labute approximate surface area is 210 Å². The van der Waals surface area contributed by atoms with Crippen molar-refractivity contribution in [2.75, 3.05) is 11.4 Å². The largest absolute Gasteiger partial charge is 0.486 e. The van der Waals surface area contributed by atoms with Crippen molar-refractivity contribution in [3.05, 3.63) is 83.7 Å². The van der Waals surface area contributed by atoms with Gasteiger partial charge in [0.1, 0.15) is 23.9 Å². The van der Waals surface area contributed by atoms with Crippen LogP contribution in [-0.4, -0.2) is 39.8 Å². The van der Waals surface area contributed by atoms with E-state index in [0.717, 1.165) is 0 Å². The summed E-state index contributed by atoms with van der Waals surface area (Å²) in [6.07, 6.45) is -0.622. The van der Waals surface area contributed by atoms with E-state index in [9.17, 15) is 23.9 Å². The Balaban J connectivity index is 1.45. The van der Waals surface area contributed by atoms with Gasteiger partial charge in [-0.05, 0) is 36.4 Å². The van der Waals surface area contributed by atoms with Crippen LogP contribution in [0.4, 0.5) is 14.5 Å². The van der Waals surface area contributed by atoms with Crippen LogP contribution in [0.1, 0.15) is 23.4 Å². The number of ether oxygens (including phenoxy) is 2. The summed E-state index contributed by atoms with van der Waals surface area (Å²) in [6.45, 7) is -2.52. The van der Waals surface area contributed by atoms with Crippen molar-refractivity contribution < 1.29 is 28.2 Å². The Kier molecular flexibility index (Phi) is 6.70. The second-order valence-corrected chi connectivity index (χ2v) is 8.56. The molecule has 8 nitrogen and oxygen atoms in total. The van der Waals surface area contributed by atoms with Gasteiger partial charge in [-0.25, -0.2) is 4.98 Å². The Hall–Kier alpha value is -4.49. The number of nitriles is 1. The van der Waals surface area contributed by atoms with E-state index in [2.05, 4.69) is 11.1 Å². The number of para-hydroxylation sites is 1. The van der Waals surface area contributed by atoms with Gasteiger partial charge < -0.3 is 24.0 Å². The highest BCUT2D eigenvalue weighted by Crippen LogP contribution is 2.28. The number of carbonyl (C=O) groups excluding carboxylic acids is 1. The summed E-state index contributed by atoms with van der Waals surface area (Å²) < 4.78 is 38.5. The maximum atomic E-state index is 13.0. The molecule has 2 heterocycles. The average molecular weight is 504 g/mol. The second kappa shape index (κ2) is 10.2. The van der Waals surface area contributed by atoms with Gasteiger partial charge in [0.2, 0.25) is 5.91 Å². The van der Waals surface area contributed by atoms with Crippen LogP contribution in [0.15, 0.2) is 66.7 Å². The number of fused-ring (bicyclic) bond motifs is 1. The number of anilines is 1. The molecule has 1 atom stereocenters. The van der Waals surface area contributed by atoms with Crippen molar-refractivity contribution in [3.63, 3.8) is 0 Å². The van der Waals surface area contributed by atoms with Crippen LogP contribution in [0.3, 0.4) is 0 Å². The van der Waals surface area contributed by atoms with Crippen LogP contribution in [0.2, 0.25) is 0 Å². The van der Waals surface area contributed by atoms with Crippen molar-refractivity contribution in [2.45, 2.75) is 32.3 Å². The van der Waals surface area contributed by atoms with E-state index in [0.29, 0.717) is 39.4 Å². The van der Waals surface area contributed by atoms with Gasteiger partial charge >= 0.3 is 6.61 Å². The summed E-state index contributed by atoms with van der Waals surface area (Å²) in [5.41, 5.74) is 2.85. The molecule has 0 aliphatic carbocycles. The number of carbonyl (C=O) groups is 1. The first kappa shape index (κ1) is 24.2. The quantitative estimate of drug-likeness (QED) is 0.385. The number of aliphatic hydroxyl groups excluding tert-OH is 1. The molecule has 1 N–H and O–H groups in total. The van der Waals surface area contributed by atoms with Crippen molar-refractivity contribution in [1.82, 2.24) is 9.55 Å². The molecule has 1 aliphatic rings. The fourth-order valence-electron chi connectivity index (χ4n) is 4.38. The third-order valence-electron chi connectivity index (χ3n) is 6.08. The maximum absolute atomic E-state index is 13.0. The number of amides is 1. The maximum Gasteiger partial charge on any atom is 0.387 e. The van der Waals surface area contributed by atoms with Gasteiger partial charge in [0.15, 0.2) is 0 Å². The third kappa shape index (κ3) is 5.22. The Morgan fingerprint density at radius 1 is 1.14 bits per heavy atom. The summed E-state index contributed by atoms with van der Waals surface area (Å²) in [5, 5.41) is 19.1. The first-order chi connectivity index (χ1) is 17.9. The molecule has 1 aliphatic heterocycles. The van der Waals surface area contributed by atoms with Gasteiger partial charge in [0.05, 0.1) is 48.3 Å². The zero-order chi connectivity index (χ0) is 25.9. The molecule has 0 radical (unpaired) electrons. The molecular weight excluding hydrogens is 482 g/mol. The monoisotopic (exact) mass is 504 g/mol. The number of β-amino-alcohol motifs (C(OH)–C–C–N with tert-alkyl or cyclic N) is 1. The highest BCUT2D eigenvalue weighted by Gasteiger charge is 2.29. The number of alkyl halides is 2. The normalized spacial score (nSPS) is 15.4. The molecule has 1 fully saturated rings. The number of benzene rings is 3. The number of aromatic nitrogens is 2. The van der Waals surface area contributed by atoms with E-state index < -0.39 is 12.7 Å². The highest BCUT2D eigenvalue weighted by molar-refractivity contribution is 5.96. The summed E-state index contributed by atoms with van der Waals surface area (Å²) in [4.78, 5) is 18.3. The topological polar surface area (TPSA) is 101 Å². The lowest BCUT2D eigenvalue weighted by Crippen LogP contribution is -2.25. The number of halogens is 2. The zero-order valence-corrected chi connectivity index (χ0v) is 19.6. The molecule has 1 saturated heterocycles. The molecule has 0 bridgehead atoms. The van der Waals surface area contributed by atoms with Gasteiger partial charge in [0, 0.05) is 17.3 Å². The van der Waals surface area contributed by atoms with E-state index in [4.69, 9.17) is 9.47 Å². The lowest BCUT2D eigenvalue weighted by atomic mass is 10.2. The first-order valence-corrected chi connectivity index (χ1v) is 11.5. The van der Waals surface area contributed by atoms with Crippen LogP contribution >= 0.6 is 0 Å². The summed E-state index contributed by atoms with van der Waals surface area (Å²) in [7, 11) is 0. The van der Waals surface area contributed by atoms with Crippen LogP contribution in [-0.2, 0) is 17.9 Å². The lowest BCUT2D eigenvalue weighted by Gasteiger charge is -2.17. The smallest absolute Gasteiger partial charge is 0.387 e. The molecule has 0 unspecified atom stereocenters. The predicted molar refractivity (Wildman–Crippen MR) is 130 cm³/mol. The zero-order valence-electron chi connectivity index (χ0n) is 19.6. The Bertz CT molecular complexity index is 1500. The van der Waals surface area contributed by atoms with Crippen molar-refractivity contribution in [2.24, 2.45) is 0 Å². The molecular formula is C27H22F2N4O4. The van der Waals surface area contributed by atoms with Crippen LogP contribution < -0.4 is 14.4 Å². The van der Waals surface area contributed by atoms with Crippen LogP contribution in [0.25, 0.3) is 11.0 Å². The number of hydrogen-bond acceptors (Lipinski definition) is 6. The second-order valence-electron chi connectivity index (χ2n) is 8.56. The summed E-state index contributed by atoms with van der Waals surface area (Å²) in [6, 6.07) is 20.7. The van der Waals surface area contributed by atoms with E-state index >= 15 is 0 Å². The summed E-state index contributed by atoms with van der Waals surface area (Å²) in [5.74, 6) is 0.897. The van der Waals surface area contributed by atoms with Crippen molar-refractivity contribution >= 4 is 22.6 Å². The van der Waals surface area contributed by atoms with Gasteiger partial charge in [-0.1, -0.05) is 24.3 Å². The minimum absolute atomic E-state index is 0.0362. The molecule has 1 aromatic heterocycles. The molecule has 1 amide bonds. The van der Waals surface area contributed by atoms with Crippen LogP contribution in [0.5, 0.6) is 11.5 Å². The number of hydrogen-bond donors (Lipinski definition) is 1.